The van der Waals surface area contributed by atoms with Crippen molar-refractivity contribution in [3.63, 3.8) is 0 Å². The van der Waals surface area contributed by atoms with Gasteiger partial charge in [-0.05, 0) is 36.1 Å². The lowest BCUT2D eigenvalue weighted by Gasteiger charge is -2.37. The molecule has 6 rings (SSSR count). The normalized spacial score (nSPS) is 24.2. The van der Waals surface area contributed by atoms with Crippen LogP contribution in [-0.4, -0.2) is 65.7 Å². The van der Waals surface area contributed by atoms with E-state index in [1.807, 2.05) is 12.1 Å². The first-order valence-electron chi connectivity index (χ1n) is 12.4. The van der Waals surface area contributed by atoms with E-state index < -0.39 is 5.82 Å². The number of amides is 1. The van der Waals surface area contributed by atoms with Crippen molar-refractivity contribution < 1.29 is 13.7 Å². The summed E-state index contributed by atoms with van der Waals surface area (Å²) in [5, 5.41) is 13.0. The molecule has 184 valence electrons. The molecule has 1 unspecified atom stereocenters. The van der Waals surface area contributed by atoms with Gasteiger partial charge in [-0.25, -0.2) is 9.37 Å². The van der Waals surface area contributed by atoms with Crippen LogP contribution in [0.2, 0.25) is 0 Å². The van der Waals surface area contributed by atoms with E-state index in [1.54, 1.807) is 25.2 Å². The van der Waals surface area contributed by atoms with Crippen LogP contribution in [0.15, 0.2) is 41.2 Å². The molecule has 2 aromatic heterocycles. The lowest BCUT2D eigenvalue weighted by Crippen LogP contribution is -2.51. The third-order valence-corrected chi connectivity index (χ3v) is 8.74. The average Bonchev–Trinajstić information content (AvgIpc) is 3.25. The first-order chi connectivity index (χ1) is 17.4. The molecule has 2 N–H and O–H groups in total. The highest BCUT2D eigenvalue weighted by molar-refractivity contribution is 5.92. The van der Waals surface area contributed by atoms with Gasteiger partial charge in [0.15, 0.2) is 5.69 Å². The van der Waals surface area contributed by atoms with Crippen LogP contribution in [0.1, 0.15) is 47.1 Å². The molecule has 1 saturated carbocycles. The zero-order valence-electron chi connectivity index (χ0n) is 20.2. The van der Waals surface area contributed by atoms with E-state index in [-0.39, 0.29) is 39.7 Å². The summed E-state index contributed by atoms with van der Waals surface area (Å²) < 4.78 is 15.2. The molecular formula is C27H28FN6O2+. The largest absolute Gasteiger partial charge is 0.358 e. The molecule has 2 atom stereocenters. The molecule has 8 nitrogen and oxygen atoms in total. The van der Waals surface area contributed by atoms with E-state index in [2.05, 4.69) is 26.3 Å². The molecule has 1 amide bonds. The number of quaternary nitrogens is 1. The number of rotatable bonds is 3. The molecule has 2 aliphatic heterocycles. The van der Waals surface area contributed by atoms with Crippen LogP contribution in [0.4, 0.5) is 10.1 Å². The summed E-state index contributed by atoms with van der Waals surface area (Å²) in [6, 6.07) is 12.4. The fourth-order valence-corrected chi connectivity index (χ4v) is 6.76. The maximum Gasteiger partial charge on any atom is 0.269 e. The minimum absolute atomic E-state index is 0.134. The number of carbonyl (C=O) groups is 1. The summed E-state index contributed by atoms with van der Waals surface area (Å²) in [6.45, 7) is 4.79. The fraction of sp³-hybridized carbons (Fsp3) is 0.407. The number of nitrogens with one attached hydrogen (secondary N) is 2. The number of carbonyl (C=O) groups excluding carboxylic acids is 1. The first-order valence-corrected chi connectivity index (χ1v) is 12.4. The van der Waals surface area contributed by atoms with Crippen molar-refractivity contribution in [2.45, 2.75) is 30.7 Å². The summed E-state index contributed by atoms with van der Waals surface area (Å²) in [4.78, 5) is 33.9. The smallest absolute Gasteiger partial charge is 0.269 e. The second-order valence-electron chi connectivity index (χ2n) is 10.4. The number of nitriles is 1. The predicted octanol–water partition coefficient (Wildman–Crippen LogP) is 2.65. The van der Waals surface area contributed by atoms with Crippen molar-refractivity contribution >= 4 is 22.4 Å². The topological polar surface area (TPSA) is 102 Å². The van der Waals surface area contributed by atoms with Gasteiger partial charge < -0.3 is 19.7 Å². The van der Waals surface area contributed by atoms with Crippen LogP contribution in [0.5, 0.6) is 0 Å². The average molecular weight is 488 g/mol. The standard InChI is InChI=1S/C27H27FN6O2/c1-30-25(35)20-5-6-23(22(15-29)31-20)33-9-11-34(12-10-33)16-27(34)8-7-18(14-27)21-13-17-3-2-4-19(28)24(17)26(36)32-21/h2-6,13,18H,7-12,14,16H2,1H3,(H-,30,32,35,36)/p+1/t18-,27?/m1/s1. The minimum atomic E-state index is -0.481. The second-order valence-corrected chi connectivity index (χ2v) is 10.4. The zero-order valence-corrected chi connectivity index (χ0v) is 20.2. The number of fused-ring (bicyclic) bond motifs is 2. The van der Waals surface area contributed by atoms with Gasteiger partial charge in [-0.2, -0.15) is 5.26 Å². The SMILES string of the molecule is CNC(=O)c1ccc(N2CC[N+]3(CC2)CC32CC[C@@H](c3cc4cccc(F)c4c(=O)[nH]3)C2)c(C#N)n1. The Morgan fingerprint density at radius 1 is 1.31 bits per heavy atom. The number of aromatic nitrogens is 2. The van der Waals surface area contributed by atoms with E-state index >= 15 is 0 Å². The van der Waals surface area contributed by atoms with E-state index in [0.29, 0.717) is 5.39 Å². The van der Waals surface area contributed by atoms with Crippen molar-refractivity contribution in [1.29, 1.82) is 5.26 Å². The van der Waals surface area contributed by atoms with Gasteiger partial charge in [0.05, 0.1) is 37.3 Å². The molecule has 9 heteroatoms. The van der Waals surface area contributed by atoms with E-state index in [0.717, 1.165) is 67.9 Å². The third-order valence-electron chi connectivity index (χ3n) is 8.74. The number of hydrogen-bond donors (Lipinski definition) is 2. The summed E-state index contributed by atoms with van der Waals surface area (Å²) in [5.74, 6) is -0.515. The molecule has 2 saturated heterocycles. The lowest BCUT2D eigenvalue weighted by molar-refractivity contribution is -0.830. The molecule has 1 aromatic carbocycles. The van der Waals surface area contributed by atoms with Crippen molar-refractivity contribution in [2.75, 3.05) is 44.7 Å². The maximum absolute atomic E-state index is 14.1. The Labute approximate surface area is 207 Å². The Balaban J connectivity index is 1.17. The third kappa shape index (κ3) is 3.39. The van der Waals surface area contributed by atoms with Crippen molar-refractivity contribution in [3.8, 4) is 6.07 Å². The number of benzene rings is 1. The van der Waals surface area contributed by atoms with Crippen LogP contribution in [0.3, 0.4) is 0 Å². The van der Waals surface area contributed by atoms with Gasteiger partial charge in [-0.15, -0.1) is 0 Å². The Bertz CT molecular complexity index is 1490. The van der Waals surface area contributed by atoms with E-state index in [1.165, 1.54) is 6.07 Å². The minimum Gasteiger partial charge on any atom is -0.358 e. The highest BCUT2D eigenvalue weighted by Gasteiger charge is 2.71. The first kappa shape index (κ1) is 22.7. The second kappa shape index (κ2) is 8.14. The molecule has 2 spiro atoms. The van der Waals surface area contributed by atoms with Crippen molar-refractivity contribution in [3.05, 3.63) is 69.7 Å². The van der Waals surface area contributed by atoms with Gasteiger partial charge in [0.1, 0.15) is 29.7 Å². The quantitative estimate of drug-likeness (QED) is 0.437. The number of aromatic amines is 1. The van der Waals surface area contributed by atoms with Gasteiger partial charge in [0.2, 0.25) is 0 Å². The number of halogens is 1. The van der Waals surface area contributed by atoms with Crippen LogP contribution < -0.4 is 15.8 Å². The molecule has 4 heterocycles. The summed E-state index contributed by atoms with van der Waals surface area (Å²) >= 11 is 0. The van der Waals surface area contributed by atoms with Crippen LogP contribution in [0, 0.1) is 17.1 Å². The number of piperazine rings is 1. The van der Waals surface area contributed by atoms with Crippen LogP contribution in [-0.2, 0) is 0 Å². The molecule has 0 bridgehead atoms. The van der Waals surface area contributed by atoms with Crippen molar-refractivity contribution in [2.24, 2.45) is 0 Å². The van der Waals surface area contributed by atoms with E-state index in [4.69, 9.17) is 0 Å². The molecule has 3 aliphatic rings. The van der Waals surface area contributed by atoms with Gasteiger partial charge in [-0.3, -0.25) is 9.59 Å². The number of nitrogens with zero attached hydrogens (tertiary/aromatic N) is 4. The molecule has 1 aliphatic carbocycles. The molecule has 3 fully saturated rings. The highest BCUT2D eigenvalue weighted by Crippen LogP contribution is 2.58. The Morgan fingerprint density at radius 2 is 2.11 bits per heavy atom. The fourth-order valence-electron chi connectivity index (χ4n) is 6.76. The van der Waals surface area contributed by atoms with Crippen LogP contribution in [0.25, 0.3) is 10.8 Å². The van der Waals surface area contributed by atoms with Gasteiger partial charge in [0.25, 0.3) is 11.5 Å². The zero-order chi connectivity index (χ0) is 25.1. The predicted molar refractivity (Wildman–Crippen MR) is 133 cm³/mol. The van der Waals surface area contributed by atoms with Gasteiger partial charge in [-0.1, -0.05) is 12.1 Å². The number of pyridine rings is 2. The van der Waals surface area contributed by atoms with E-state index in [9.17, 15) is 19.2 Å². The summed E-state index contributed by atoms with van der Waals surface area (Å²) in [7, 11) is 1.54. The van der Waals surface area contributed by atoms with Gasteiger partial charge in [0, 0.05) is 31.5 Å². The summed E-state index contributed by atoms with van der Waals surface area (Å²) in [5.41, 5.74) is 2.12. The number of hydrogen-bond acceptors (Lipinski definition) is 5. The Morgan fingerprint density at radius 3 is 2.86 bits per heavy atom. The summed E-state index contributed by atoms with van der Waals surface area (Å²) in [6.07, 6.45) is 3.16. The molecule has 0 radical (unpaired) electrons. The lowest BCUT2D eigenvalue weighted by atomic mass is 9.98. The molecule has 3 aromatic rings. The Hall–Kier alpha value is -3.77. The monoisotopic (exact) mass is 487 g/mol. The van der Waals surface area contributed by atoms with Crippen LogP contribution >= 0.6 is 0 Å². The maximum atomic E-state index is 14.1. The highest BCUT2D eigenvalue weighted by atomic mass is 19.1. The molecule has 36 heavy (non-hydrogen) atoms. The van der Waals surface area contributed by atoms with Gasteiger partial charge >= 0.3 is 0 Å². The molecular weight excluding hydrogens is 459 g/mol. The van der Waals surface area contributed by atoms with Crippen molar-refractivity contribution in [1.82, 2.24) is 15.3 Å². The Kier molecular flexibility index (Phi) is 5.12. The number of anilines is 1. The number of H-pyrrole nitrogens is 1.